The largest absolute Gasteiger partial charge is 0.481 e. The van der Waals surface area contributed by atoms with E-state index in [4.69, 9.17) is 5.11 Å². The molecule has 0 amide bonds. The van der Waals surface area contributed by atoms with Crippen molar-refractivity contribution in [2.45, 2.75) is 13.3 Å². The van der Waals surface area contributed by atoms with E-state index >= 15 is 0 Å². The van der Waals surface area contributed by atoms with Crippen LogP contribution in [0.5, 0.6) is 0 Å². The van der Waals surface area contributed by atoms with Gasteiger partial charge in [0.1, 0.15) is 0 Å². The van der Waals surface area contributed by atoms with E-state index in [1.54, 1.807) is 13.0 Å². The average Bonchev–Trinajstić information content (AvgIpc) is 2.08. The fourth-order valence-corrected chi connectivity index (χ4v) is 0.968. The first-order valence-corrected chi connectivity index (χ1v) is 3.93. The highest BCUT2D eigenvalue weighted by Gasteiger charge is 2.11. The van der Waals surface area contributed by atoms with E-state index in [0.29, 0.717) is 6.42 Å². The fraction of sp³-hybridized carbons (Fsp3) is 0.333. The molecule has 1 rings (SSSR count). The number of nitrogens with zero attached hydrogens (tertiary/aromatic N) is 1. The SMILES string of the molecule is C[C@H](Cc1ccc(F)nc1)C(=O)O. The summed E-state index contributed by atoms with van der Waals surface area (Å²) >= 11 is 0. The summed E-state index contributed by atoms with van der Waals surface area (Å²) in [5, 5.41) is 8.60. The van der Waals surface area contributed by atoms with E-state index < -0.39 is 17.8 Å². The highest BCUT2D eigenvalue weighted by Crippen LogP contribution is 2.07. The minimum Gasteiger partial charge on any atom is -0.481 e. The van der Waals surface area contributed by atoms with Gasteiger partial charge in [-0.15, -0.1) is 0 Å². The second-order valence-corrected chi connectivity index (χ2v) is 2.93. The number of halogens is 1. The van der Waals surface area contributed by atoms with Gasteiger partial charge in [-0.1, -0.05) is 13.0 Å². The van der Waals surface area contributed by atoms with Gasteiger partial charge in [-0.2, -0.15) is 4.39 Å². The van der Waals surface area contributed by atoms with E-state index in [1.807, 2.05) is 0 Å². The Balaban J connectivity index is 2.64. The summed E-state index contributed by atoms with van der Waals surface area (Å²) < 4.78 is 12.4. The van der Waals surface area contributed by atoms with Gasteiger partial charge in [-0.3, -0.25) is 4.79 Å². The molecule has 1 atom stereocenters. The van der Waals surface area contributed by atoms with Gasteiger partial charge >= 0.3 is 5.97 Å². The molecular weight excluding hydrogens is 173 g/mol. The van der Waals surface area contributed by atoms with E-state index in [-0.39, 0.29) is 0 Å². The minimum atomic E-state index is -0.857. The predicted octanol–water partition coefficient (Wildman–Crippen LogP) is 1.48. The Kier molecular flexibility index (Phi) is 2.95. The van der Waals surface area contributed by atoms with Gasteiger partial charge in [0.05, 0.1) is 5.92 Å². The third kappa shape index (κ3) is 2.82. The molecule has 0 fully saturated rings. The van der Waals surface area contributed by atoms with Crippen LogP contribution in [-0.4, -0.2) is 16.1 Å². The molecule has 0 spiro atoms. The molecular formula is C9H10FNO2. The van der Waals surface area contributed by atoms with E-state index in [9.17, 15) is 9.18 Å². The standard InChI is InChI=1S/C9H10FNO2/c1-6(9(12)13)4-7-2-3-8(10)11-5-7/h2-3,5-6H,4H2,1H3,(H,12,13)/t6-/m1/s1. The Morgan fingerprint density at radius 3 is 2.85 bits per heavy atom. The highest BCUT2D eigenvalue weighted by atomic mass is 19.1. The van der Waals surface area contributed by atoms with Crippen LogP contribution in [0, 0.1) is 11.9 Å². The van der Waals surface area contributed by atoms with Crippen molar-refractivity contribution < 1.29 is 14.3 Å². The maximum atomic E-state index is 12.4. The number of carboxylic acids is 1. The van der Waals surface area contributed by atoms with Crippen LogP contribution in [0.4, 0.5) is 4.39 Å². The van der Waals surface area contributed by atoms with Gasteiger partial charge in [-0.25, -0.2) is 4.98 Å². The number of rotatable bonds is 3. The zero-order valence-electron chi connectivity index (χ0n) is 7.20. The van der Waals surface area contributed by atoms with Crippen molar-refractivity contribution in [3.63, 3.8) is 0 Å². The van der Waals surface area contributed by atoms with Crippen LogP contribution in [0.1, 0.15) is 12.5 Å². The summed E-state index contributed by atoms with van der Waals surface area (Å²) in [6.07, 6.45) is 1.73. The third-order valence-corrected chi connectivity index (χ3v) is 1.75. The fourth-order valence-electron chi connectivity index (χ4n) is 0.968. The molecule has 0 aliphatic heterocycles. The Hall–Kier alpha value is -1.45. The molecule has 4 heteroatoms. The summed E-state index contributed by atoms with van der Waals surface area (Å²) in [5.41, 5.74) is 0.733. The van der Waals surface area contributed by atoms with Gasteiger partial charge in [0.2, 0.25) is 5.95 Å². The van der Waals surface area contributed by atoms with Crippen LogP contribution in [0.15, 0.2) is 18.3 Å². The first-order chi connectivity index (χ1) is 6.09. The normalized spacial score (nSPS) is 12.5. The Morgan fingerprint density at radius 1 is 1.69 bits per heavy atom. The molecule has 0 aliphatic rings. The van der Waals surface area contributed by atoms with Gasteiger partial charge < -0.3 is 5.11 Å². The molecule has 0 saturated carbocycles. The Morgan fingerprint density at radius 2 is 2.38 bits per heavy atom. The maximum absolute atomic E-state index is 12.4. The van der Waals surface area contributed by atoms with E-state index in [1.165, 1.54) is 12.3 Å². The third-order valence-electron chi connectivity index (χ3n) is 1.75. The molecule has 1 aromatic rings. The van der Waals surface area contributed by atoms with Crippen LogP contribution in [-0.2, 0) is 11.2 Å². The summed E-state index contributed by atoms with van der Waals surface area (Å²) in [5.74, 6) is -1.87. The van der Waals surface area contributed by atoms with Gasteiger partial charge in [-0.05, 0) is 18.1 Å². The number of aromatic nitrogens is 1. The summed E-state index contributed by atoms with van der Waals surface area (Å²) in [6, 6.07) is 2.77. The lowest BCUT2D eigenvalue weighted by Gasteiger charge is -2.04. The molecule has 70 valence electrons. The minimum absolute atomic E-state index is 0.378. The summed E-state index contributed by atoms with van der Waals surface area (Å²) in [7, 11) is 0. The molecule has 1 heterocycles. The molecule has 1 N–H and O–H groups in total. The number of pyridine rings is 1. The van der Waals surface area contributed by atoms with Crippen molar-refractivity contribution in [1.82, 2.24) is 4.98 Å². The maximum Gasteiger partial charge on any atom is 0.306 e. The second kappa shape index (κ2) is 3.98. The van der Waals surface area contributed by atoms with Crippen LogP contribution in [0.25, 0.3) is 0 Å². The van der Waals surface area contributed by atoms with E-state index in [0.717, 1.165) is 5.56 Å². The Bertz CT molecular complexity index is 297. The first kappa shape index (κ1) is 9.64. The molecule has 0 saturated heterocycles. The zero-order chi connectivity index (χ0) is 9.84. The van der Waals surface area contributed by atoms with Crippen molar-refractivity contribution in [2.24, 2.45) is 5.92 Å². The molecule has 1 aromatic heterocycles. The van der Waals surface area contributed by atoms with Crippen LogP contribution < -0.4 is 0 Å². The predicted molar refractivity (Wildman–Crippen MR) is 44.7 cm³/mol. The highest BCUT2D eigenvalue weighted by molar-refractivity contribution is 5.69. The number of carboxylic acid groups (broad SMARTS) is 1. The molecule has 0 aromatic carbocycles. The first-order valence-electron chi connectivity index (χ1n) is 3.93. The summed E-state index contributed by atoms with van der Waals surface area (Å²) in [6.45, 7) is 1.60. The zero-order valence-corrected chi connectivity index (χ0v) is 7.20. The van der Waals surface area contributed by atoms with Crippen LogP contribution >= 0.6 is 0 Å². The lowest BCUT2D eigenvalue weighted by Crippen LogP contribution is -2.12. The topological polar surface area (TPSA) is 50.2 Å². The lowest BCUT2D eigenvalue weighted by atomic mass is 10.0. The molecule has 0 aliphatic carbocycles. The van der Waals surface area contributed by atoms with Gasteiger partial charge in [0.25, 0.3) is 0 Å². The molecule has 0 bridgehead atoms. The quantitative estimate of drug-likeness (QED) is 0.722. The number of aliphatic carboxylic acids is 1. The van der Waals surface area contributed by atoms with Gasteiger partial charge in [0, 0.05) is 6.20 Å². The number of hydrogen-bond donors (Lipinski definition) is 1. The van der Waals surface area contributed by atoms with Crippen molar-refractivity contribution in [2.75, 3.05) is 0 Å². The molecule has 3 nitrogen and oxygen atoms in total. The number of carbonyl (C=O) groups is 1. The molecule has 13 heavy (non-hydrogen) atoms. The van der Waals surface area contributed by atoms with Crippen LogP contribution in [0.3, 0.4) is 0 Å². The Labute approximate surface area is 75.2 Å². The molecule has 0 unspecified atom stereocenters. The average molecular weight is 183 g/mol. The van der Waals surface area contributed by atoms with Gasteiger partial charge in [0.15, 0.2) is 0 Å². The monoisotopic (exact) mass is 183 g/mol. The summed E-state index contributed by atoms with van der Waals surface area (Å²) in [4.78, 5) is 13.9. The van der Waals surface area contributed by atoms with Crippen molar-refractivity contribution >= 4 is 5.97 Å². The van der Waals surface area contributed by atoms with E-state index in [2.05, 4.69) is 4.98 Å². The lowest BCUT2D eigenvalue weighted by molar-refractivity contribution is -0.141. The number of hydrogen-bond acceptors (Lipinski definition) is 2. The second-order valence-electron chi connectivity index (χ2n) is 2.93. The smallest absolute Gasteiger partial charge is 0.306 e. The van der Waals surface area contributed by atoms with Crippen molar-refractivity contribution in [1.29, 1.82) is 0 Å². The van der Waals surface area contributed by atoms with Crippen LogP contribution in [0.2, 0.25) is 0 Å². The van der Waals surface area contributed by atoms with Crippen molar-refractivity contribution in [3.05, 3.63) is 29.8 Å². The van der Waals surface area contributed by atoms with Crippen molar-refractivity contribution in [3.8, 4) is 0 Å². The molecule has 0 radical (unpaired) electrons.